The Bertz CT molecular complexity index is 1840. The summed E-state index contributed by atoms with van der Waals surface area (Å²) in [5.74, 6) is -1.30. The Kier molecular flexibility index (Phi) is 11.1. The predicted molar refractivity (Wildman–Crippen MR) is 200 cm³/mol. The third kappa shape index (κ3) is 8.59. The smallest absolute Gasteiger partial charge is 0.410 e. The number of carbonyl (C=O) groups excluding carboxylic acids is 5. The Hall–Kier alpha value is -4.87. The fraction of sp³-hybridized carbons (Fsp3) is 0.525. The van der Waals surface area contributed by atoms with E-state index in [1.807, 2.05) is 70.2 Å². The van der Waals surface area contributed by atoms with Gasteiger partial charge in [-0.15, -0.1) is 0 Å². The van der Waals surface area contributed by atoms with E-state index in [0.717, 1.165) is 41.3 Å². The molecule has 2 aliphatic rings. The van der Waals surface area contributed by atoms with E-state index < -0.39 is 53.1 Å². The number of aryl methyl sites for hydroxylation is 2. The number of likely N-dealkylation sites (tertiary alicyclic amines) is 1. The summed E-state index contributed by atoms with van der Waals surface area (Å²) in [7, 11) is 1.47. The minimum Gasteiger partial charge on any atom is -0.444 e. The van der Waals surface area contributed by atoms with E-state index >= 15 is 0 Å². The van der Waals surface area contributed by atoms with Crippen LogP contribution in [0, 0.1) is 12.3 Å². The van der Waals surface area contributed by atoms with Crippen LogP contribution in [-0.4, -0.2) is 87.6 Å². The van der Waals surface area contributed by atoms with E-state index in [-0.39, 0.29) is 30.9 Å². The van der Waals surface area contributed by atoms with Crippen LogP contribution in [0.5, 0.6) is 0 Å². The molecule has 5 atom stereocenters. The van der Waals surface area contributed by atoms with E-state index in [4.69, 9.17) is 4.74 Å². The van der Waals surface area contributed by atoms with Gasteiger partial charge in [0, 0.05) is 25.2 Å². The number of hydrogen-bond donors (Lipinski definition) is 3. The topological polar surface area (TPSA) is 142 Å². The minimum absolute atomic E-state index is 0.0675. The normalized spacial score (nSPS) is 20.0. The Balaban J connectivity index is 1.39. The zero-order chi connectivity index (χ0) is 38.1. The molecule has 3 N–H and O–H groups in total. The number of fused-ring (bicyclic) bond motifs is 2. The predicted octanol–water partition coefficient (Wildman–Crippen LogP) is 5.46. The molecule has 0 radical (unpaired) electrons. The van der Waals surface area contributed by atoms with Crippen LogP contribution in [0.1, 0.15) is 90.5 Å². The Morgan fingerprint density at radius 3 is 2.37 bits per heavy atom. The second kappa shape index (κ2) is 15.0. The molecule has 3 aromatic rings. The first-order valence-electron chi connectivity index (χ1n) is 18.2. The molecule has 1 aromatic heterocycles. The average molecular weight is 715 g/mol. The van der Waals surface area contributed by atoms with Crippen LogP contribution in [0.3, 0.4) is 0 Å². The zero-order valence-electron chi connectivity index (χ0n) is 31.9. The van der Waals surface area contributed by atoms with E-state index in [0.29, 0.717) is 0 Å². The van der Waals surface area contributed by atoms with E-state index in [9.17, 15) is 24.0 Å². The molecule has 1 aliphatic carbocycles. The van der Waals surface area contributed by atoms with Crippen molar-refractivity contribution < 1.29 is 28.7 Å². The molecule has 12 nitrogen and oxygen atoms in total. The lowest BCUT2D eigenvalue weighted by Gasteiger charge is -2.37. The van der Waals surface area contributed by atoms with Gasteiger partial charge >= 0.3 is 12.1 Å². The number of nitrogens with zero attached hydrogens (tertiary/aromatic N) is 3. The van der Waals surface area contributed by atoms with Crippen molar-refractivity contribution >= 4 is 40.7 Å². The molecule has 12 heteroatoms. The van der Waals surface area contributed by atoms with Gasteiger partial charge in [0.2, 0.25) is 17.7 Å². The monoisotopic (exact) mass is 714 g/mol. The van der Waals surface area contributed by atoms with Gasteiger partial charge in [0.15, 0.2) is 0 Å². The molecule has 2 heterocycles. The van der Waals surface area contributed by atoms with Gasteiger partial charge in [-0.25, -0.2) is 9.59 Å². The van der Waals surface area contributed by atoms with Gasteiger partial charge in [-0.1, -0.05) is 56.7 Å². The lowest BCUT2D eigenvalue weighted by Crippen LogP contribution is -2.60. The van der Waals surface area contributed by atoms with Gasteiger partial charge in [0.1, 0.15) is 23.7 Å². The summed E-state index contributed by atoms with van der Waals surface area (Å²) in [5.41, 5.74) is 2.57. The van der Waals surface area contributed by atoms with Crippen LogP contribution in [0.4, 0.5) is 9.59 Å². The highest BCUT2D eigenvalue weighted by atomic mass is 16.6. The zero-order valence-corrected chi connectivity index (χ0v) is 31.9. The minimum atomic E-state index is -1.05. The molecule has 2 unspecified atom stereocenters. The Morgan fingerprint density at radius 2 is 1.67 bits per heavy atom. The van der Waals surface area contributed by atoms with Gasteiger partial charge in [-0.05, 0) is 95.0 Å². The van der Waals surface area contributed by atoms with E-state index in [2.05, 4.69) is 22.0 Å². The summed E-state index contributed by atoms with van der Waals surface area (Å²) >= 11 is 0. The van der Waals surface area contributed by atoms with Crippen LogP contribution < -0.4 is 16.0 Å². The summed E-state index contributed by atoms with van der Waals surface area (Å²) in [6, 6.07) is 11.8. The van der Waals surface area contributed by atoms with Crippen molar-refractivity contribution in [3.8, 4) is 0 Å². The third-order valence-electron chi connectivity index (χ3n) is 10.0. The number of hydrogen-bond acceptors (Lipinski definition) is 6. The molecular formula is C40H54N6O6. The highest BCUT2D eigenvalue weighted by molar-refractivity contribution is 5.95. The lowest BCUT2D eigenvalue weighted by molar-refractivity contribution is -0.144. The van der Waals surface area contributed by atoms with Crippen LogP contribution in [0.25, 0.3) is 10.9 Å². The van der Waals surface area contributed by atoms with Gasteiger partial charge in [0.05, 0.1) is 17.6 Å². The van der Waals surface area contributed by atoms with Gasteiger partial charge in [0.25, 0.3) is 0 Å². The molecule has 52 heavy (non-hydrogen) atoms. The van der Waals surface area contributed by atoms with Crippen molar-refractivity contribution in [2.24, 2.45) is 5.41 Å². The molecule has 0 spiro atoms. The van der Waals surface area contributed by atoms with Crippen molar-refractivity contribution in [3.63, 3.8) is 0 Å². The quantitative estimate of drug-likeness (QED) is 0.297. The first-order chi connectivity index (χ1) is 24.3. The molecule has 2 aromatic carbocycles. The number of nitrogens with one attached hydrogen (secondary N) is 3. The molecule has 1 fully saturated rings. The molecular weight excluding hydrogens is 660 g/mol. The molecule has 0 saturated carbocycles. The van der Waals surface area contributed by atoms with E-state index in [1.165, 1.54) is 27.0 Å². The maximum absolute atomic E-state index is 14.6. The van der Waals surface area contributed by atoms with Gasteiger partial charge in [-0.2, -0.15) is 0 Å². The largest absolute Gasteiger partial charge is 0.444 e. The number of amides is 5. The van der Waals surface area contributed by atoms with Gasteiger partial charge in [-0.3, -0.25) is 23.9 Å². The highest BCUT2D eigenvalue weighted by Gasteiger charge is 2.46. The lowest BCUT2D eigenvalue weighted by atomic mass is 9.85. The van der Waals surface area contributed by atoms with E-state index in [1.54, 1.807) is 33.9 Å². The maximum atomic E-state index is 14.6. The summed E-state index contributed by atoms with van der Waals surface area (Å²) in [6.45, 7) is 14.3. The van der Waals surface area contributed by atoms with Crippen LogP contribution in [0.15, 0.2) is 54.7 Å². The van der Waals surface area contributed by atoms with Crippen molar-refractivity contribution in [3.05, 3.63) is 71.4 Å². The average Bonchev–Trinajstić information content (AvgIpc) is 3.69. The molecule has 1 saturated heterocycles. The number of carbonyl (C=O) groups is 5. The summed E-state index contributed by atoms with van der Waals surface area (Å²) in [6.07, 6.45) is 3.87. The first kappa shape index (κ1) is 38.4. The number of benzene rings is 2. The Labute approximate surface area is 306 Å². The van der Waals surface area contributed by atoms with Crippen molar-refractivity contribution in [2.75, 3.05) is 13.6 Å². The number of rotatable bonds is 7. The second-order valence-electron chi connectivity index (χ2n) is 16.4. The fourth-order valence-corrected chi connectivity index (χ4v) is 7.03. The molecule has 5 rings (SSSR count). The Morgan fingerprint density at radius 1 is 0.962 bits per heavy atom. The highest BCUT2D eigenvalue weighted by Crippen LogP contribution is 2.31. The SMILES string of the molecule is Cc1ccc2c(ccn2C(=O)NC2C[C@@H](C(=O)NC3CCCc4ccccc43)N(C(=O)[C@@H](NC(=O)[C@H](C)N(C)C(=O)OC(C)(C)C)C(C)(C)C)C2)c1. The second-order valence-corrected chi connectivity index (χ2v) is 16.4. The summed E-state index contributed by atoms with van der Waals surface area (Å²) < 4.78 is 6.98. The molecule has 5 amide bonds. The van der Waals surface area contributed by atoms with Crippen LogP contribution >= 0.6 is 0 Å². The fourth-order valence-electron chi connectivity index (χ4n) is 7.03. The van der Waals surface area contributed by atoms with Gasteiger partial charge < -0.3 is 25.6 Å². The number of aromatic nitrogens is 1. The molecule has 280 valence electrons. The van der Waals surface area contributed by atoms with Crippen LogP contribution in [-0.2, 0) is 25.5 Å². The van der Waals surface area contributed by atoms with Crippen molar-refractivity contribution in [2.45, 2.75) is 117 Å². The first-order valence-corrected chi connectivity index (χ1v) is 18.2. The number of likely N-dealkylation sites (N-methyl/N-ethyl adjacent to an activating group) is 1. The summed E-state index contributed by atoms with van der Waals surface area (Å²) in [4.78, 5) is 71.5. The van der Waals surface area contributed by atoms with Crippen molar-refractivity contribution in [1.82, 2.24) is 30.3 Å². The maximum Gasteiger partial charge on any atom is 0.410 e. The molecule has 1 aliphatic heterocycles. The standard InChI is InChI=1S/C40H54N6O6/c1-24-17-18-31-27(21-24)19-20-45(31)37(50)41-28-22-32(35(48)42-30-16-12-14-26-13-10-11-15-29(26)30)46(23-28)36(49)33(39(3,4)5)43-34(47)25(2)44(9)38(51)52-40(6,7)8/h10-11,13,15,17-21,25,28,30,32-33H,12,14,16,22-23H2,1-9H3,(H,41,50)(H,42,48)(H,43,47)/t25-,28?,30?,32-,33+/m0/s1. The van der Waals surface area contributed by atoms with Crippen molar-refractivity contribution in [1.29, 1.82) is 0 Å². The summed E-state index contributed by atoms with van der Waals surface area (Å²) in [5, 5.41) is 10.1. The molecule has 0 bridgehead atoms. The number of ether oxygens (including phenoxy) is 1. The van der Waals surface area contributed by atoms with Crippen LogP contribution in [0.2, 0.25) is 0 Å². The third-order valence-corrected chi connectivity index (χ3v) is 10.0.